The predicted molar refractivity (Wildman–Crippen MR) is 108 cm³/mol. The van der Waals surface area contributed by atoms with Gasteiger partial charge in [0.25, 0.3) is 6.43 Å². The molecular weight excluding hydrogens is 382 g/mol. The van der Waals surface area contributed by atoms with Gasteiger partial charge in [-0.05, 0) is 36.8 Å². The standard InChI is InChI=1S/C20H16F2N4OS/c1-2-26-15-6-4-3-5-13(15)14-11-12(7-9-16(14)26)8-10-17(27)23-20-25-24-19(28-20)18(21)22/h3-11,18H,2H2,1H3,(H,23,25,27)/b10-8+. The highest BCUT2D eigenvalue weighted by molar-refractivity contribution is 7.15. The van der Waals surface area contributed by atoms with Gasteiger partial charge in [-0.25, -0.2) is 8.78 Å². The van der Waals surface area contributed by atoms with Crippen LogP contribution in [0.5, 0.6) is 0 Å². The van der Waals surface area contributed by atoms with Gasteiger partial charge in [0.1, 0.15) is 0 Å². The fraction of sp³-hybridized carbons (Fsp3) is 0.150. The zero-order chi connectivity index (χ0) is 19.7. The Morgan fingerprint density at radius 2 is 1.96 bits per heavy atom. The second-order valence-corrected chi connectivity index (χ2v) is 7.12. The third kappa shape index (κ3) is 3.38. The molecule has 2 heterocycles. The Morgan fingerprint density at radius 3 is 2.71 bits per heavy atom. The molecule has 0 spiro atoms. The number of aromatic nitrogens is 3. The van der Waals surface area contributed by atoms with Gasteiger partial charge in [0.15, 0.2) is 5.01 Å². The van der Waals surface area contributed by atoms with Gasteiger partial charge in [-0.2, -0.15) is 0 Å². The predicted octanol–water partition coefficient (Wildman–Crippen LogP) is 5.26. The van der Waals surface area contributed by atoms with Crippen molar-refractivity contribution in [3.8, 4) is 0 Å². The summed E-state index contributed by atoms with van der Waals surface area (Å²) in [6.07, 6.45) is 0.335. The molecule has 142 valence electrons. The molecule has 4 rings (SSSR count). The smallest absolute Gasteiger partial charge is 0.291 e. The van der Waals surface area contributed by atoms with Gasteiger partial charge in [-0.3, -0.25) is 10.1 Å². The highest BCUT2D eigenvalue weighted by Crippen LogP contribution is 2.30. The molecule has 0 unspecified atom stereocenters. The van der Waals surface area contributed by atoms with E-state index in [2.05, 4.69) is 39.1 Å². The van der Waals surface area contributed by atoms with E-state index in [1.807, 2.05) is 30.3 Å². The van der Waals surface area contributed by atoms with Crippen LogP contribution in [-0.4, -0.2) is 20.7 Å². The summed E-state index contributed by atoms with van der Waals surface area (Å²) >= 11 is 0.659. The molecule has 0 saturated heterocycles. The molecule has 0 saturated carbocycles. The molecule has 5 nitrogen and oxygen atoms in total. The highest BCUT2D eigenvalue weighted by Gasteiger charge is 2.14. The van der Waals surface area contributed by atoms with Crippen molar-refractivity contribution in [3.63, 3.8) is 0 Å². The number of carbonyl (C=O) groups is 1. The molecule has 0 radical (unpaired) electrons. The molecule has 28 heavy (non-hydrogen) atoms. The monoisotopic (exact) mass is 398 g/mol. The van der Waals surface area contributed by atoms with Crippen molar-refractivity contribution < 1.29 is 13.6 Å². The number of para-hydroxylation sites is 1. The van der Waals surface area contributed by atoms with E-state index in [4.69, 9.17) is 0 Å². The SMILES string of the molecule is CCn1c2ccccc2c2cc(/C=C/C(=O)Nc3nnc(C(F)F)s3)ccc21. The molecule has 0 aliphatic carbocycles. The number of carbonyl (C=O) groups excluding carboxylic acids is 1. The third-order valence-electron chi connectivity index (χ3n) is 4.40. The lowest BCUT2D eigenvalue weighted by Crippen LogP contribution is -2.07. The Labute approximate surface area is 163 Å². The summed E-state index contributed by atoms with van der Waals surface area (Å²) in [5, 5.41) is 11.2. The number of nitrogens with zero attached hydrogens (tertiary/aromatic N) is 3. The molecule has 1 amide bonds. The minimum absolute atomic E-state index is 0.0476. The second-order valence-electron chi connectivity index (χ2n) is 6.11. The molecule has 2 aromatic heterocycles. The van der Waals surface area contributed by atoms with Gasteiger partial charge < -0.3 is 4.57 Å². The molecule has 1 N–H and O–H groups in total. The van der Waals surface area contributed by atoms with Crippen molar-refractivity contribution in [2.45, 2.75) is 19.9 Å². The van der Waals surface area contributed by atoms with Crippen LogP contribution in [0.2, 0.25) is 0 Å². The lowest BCUT2D eigenvalue weighted by atomic mass is 10.1. The lowest BCUT2D eigenvalue weighted by Gasteiger charge is -2.02. The van der Waals surface area contributed by atoms with Crippen LogP contribution in [0.3, 0.4) is 0 Å². The number of benzene rings is 2. The lowest BCUT2D eigenvalue weighted by molar-refractivity contribution is -0.111. The quantitative estimate of drug-likeness (QED) is 0.467. The topological polar surface area (TPSA) is 59.8 Å². The van der Waals surface area contributed by atoms with E-state index in [-0.39, 0.29) is 5.13 Å². The van der Waals surface area contributed by atoms with Gasteiger partial charge in [-0.1, -0.05) is 35.6 Å². The Balaban J connectivity index is 1.58. The van der Waals surface area contributed by atoms with Crippen LogP contribution in [-0.2, 0) is 11.3 Å². The van der Waals surface area contributed by atoms with E-state index in [0.29, 0.717) is 11.3 Å². The third-order valence-corrected chi connectivity index (χ3v) is 5.24. The Hall–Kier alpha value is -3.13. The van der Waals surface area contributed by atoms with Gasteiger partial charge in [-0.15, -0.1) is 10.2 Å². The molecule has 2 aromatic carbocycles. The summed E-state index contributed by atoms with van der Waals surface area (Å²) in [4.78, 5) is 12.0. The Morgan fingerprint density at radius 1 is 1.18 bits per heavy atom. The van der Waals surface area contributed by atoms with Crippen LogP contribution in [0.1, 0.15) is 23.9 Å². The average Bonchev–Trinajstić information content (AvgIpc) is 3.28. The average molecular weight is 398 g/mol. The van der Waals surface area contributed by atoms with Gasteiger partial charge in [0.05, 0.1) is 0 Å². The summed E-state index contributed by atoms with van der Waals surface area (Å²) < 4.78 is 27.3. The molecule has 0 aliphatic heterocycles. The Bertz CT molecular complexity index is 1200. The van der Waals surface area contributed by atoms with E-state index < -0.39 is 17.3 Å². The molecule has 0 fully saturated rings. The van der Waals surface area contributed by atoms with E-state index in [9.17, 15) is 13.6 Å². The number of hydrogen-bond donors (Lipinski definition) is 1. The Kier molecular flexibility index (Phi) is 4.87. The fourth-order valence-corrected chi connectivity index (χ4v) is 3.81. The van der Waals surface area contributed by atoms with E-state index in [1.165, 1.54) is 11.6 Å². The van der Waals surface area contributed by atoms with Crippen molar-refractivity contribution in [2.75, 3.05) is 5.32 Å². The summed E-state index contributed by atoms with van der Waals surface area (Å²) in [7, 11) is 0. The van der Waals surface area contributed by atoms with Crippen molar-refractivity contribution >= 4 is 50.3 Å². The van der Waals surface area contributed by atoms with Crippen LogP contribution in [0, 0.1) is 0 Å². The molecule has 0 bridgehead atoms. The minimum atomic E-state index is -2.70. The number of anilines is 1. The van der Waals surface area contributed by atoms with E-state index in [1.54, 1.807) is 6.08 Å². The first kappa shape index (κ1) is 18.2. The van der Waals surface area contributed by atoms with Gasteiger partial charge in [0.2, 0.25) is 11.0 Å². The van der Waals surface area contributed by atoms with E-state index >= 15 is 0 Å². The van der Waals surface area contributed by atoms with Crippen LogP contribution < -0.4 is 5.32 Å². The van der Waals surface area contributed by atoms with Crippen molar-refractivity contribution in [1.29, 1.82) is 0 Å². The zero-order valence-electron chi connectivity index (χ0n) is 14.9. The van der Waals surface area contributed by atoms with Crippen LogP contribution in [0.25, 0.3) is 27.9 Å². The normalized spacial score (nSPS) is 11.9. The summed E-state index contributed by atoms with van der Waals surface area (Å²) in [6, 6.07) is 14.2. The number of fused-ring (bicyclic) bond motifs is 3. The highest BCUT2D eigenvalue weighted by atomic mass is 32.1. The summed E-state index contributed by atoms with van der Waals surface area (Å²) in [5.41, 5.74) is 3.18. The first-order chi connectivity index (χ1) is 13.6. The minimum Gasteiger partial charge on any atom is -0.341 e. The van der Waals surface area contributed by atoms with Crippen molar-refractivity contribution in [2.24, 2.45) is 0 Å². The maximum Gasteiger partial charge on any atom is 0.291 e. The molecule has 0 aliphatic rings. The maximum absolute atomic E-state index is 12.5. The summed E-state index contributed by atoms with van der Waals surface area (Å²) in [5.74, 6) is -0.451. The first-order valence-corrected chi connectivity index (χ1v) is 9.50. The largest absolute Gasteiger partial charge is 0.341 e. The van der Waals surface area contributed by atoms with Crippen molar-refractivity contribution in [3.05, 3.63) is 59.1 Å². The van der Waals surface area contributed by atoms with Crippen LogP contribution >= 0.6 is 11.3 Å². The molecule has 4 aromatic rings. The molecular formula is C20H16F2N4OS. The number of alkyl halides is 2. The van der Waals surface area contributed by atoms with Crippen LogP contribution in [0.4, 0.5) is 13.9 Å². The van der Waals surface area contributed by atoms with Crippen LogP contribution in [0.15, 0.2) is 48.5 Å². The number of hydrogen-bond acceptors (Lipinski definition) is 4. The number of nitrogens with one attached hydrogen (secondary N) is 1. The number of amides is 1. The number of halogens is 2. The van der Waals surface area contributed by atoms with Gasteiger partial charge in [0, 0.05) is 34.4 Å². The van der Waals surface area contributed by atoms with Gasteiger partial charge >= 0.3 is 0 Å². The maximum atomic E-state index is 12.5. The number of aryl methyl sites for hydroxylation is 1. The fourth-order valence-electron chi connectivity index (χ4n) is 3.21. The summed E-state index contributed by atoms with van der Waals surface area (Å²) in [6.45, 7) is 2.97. The molecule has 0 atom stereocenters. The second kappa shape index (κ2) is 7.47. The first-order valence-electron chi connectivity index (χ1n) is 8.68. The van der Waals surface area contributed by atoms with E-state index in [0.717, 1.165) is 28.4 Å². The zero-order valence-corrected chi connectivity index (χ0v) is 15.7. The molecule has 8 heteroatoms. The number of rotatable bonds is 5. The van der Waals surface area contributed by atoms with Crippen molar-refractivity contribution in [1.82, 2.24) is 14.8 Å².